The van der Waals surface area contributed by atoms with Gasteiger partial charge in [0.05, 0.1) is 6.61 Å². The summed E-state index contributed by atoms with van der Waals surface area (Å²) in [6, 6.07) is 17.9. The van der Waals surface area contributed by atoms with Crippen LogP contribution in [0, 0.1) is 17.8 Å². The lowest BCUT2D eigenvalue weighted by Crippen LogP contribution is -2.51. The maximum absolute atomic E-state index is 14.0. The van der Waals surface area contributed by atoms with Crippen molar-refractivity contribution >= 4 is 5.91 Å². The molecule has 1 amide bonds. The van der Waals surface area contributed by atoms with Gasteiger partial charge in [0.2, 0.25) is 5.91 Å². The van der Waals surface area contributed by atoms with E-state index in [1.807, 2.05) is 0 Å². The number of carbonyl (C=O) groups is 1. The van der Waals surface area contributed by atoms with Crippen molar-refractivity contribution in [3.8, 4) is 11.8 Å². The van der Waals surface area contributed by atoms with E-state index in [1.54, 1.807) is 0 Å². The van der Waals surface area contributed by atoms with Crippen molar-refractivity contribution in [1.82, 2.24) is 9.80 Å². The van der Waals surface area contributed by atoms with Gasteiger partial charge in [-0.2, -0.15) is 0 Å². The Morgan fingerprint density at radius 1 is 1.06 bits per heavy atom. The summed E-state index contributed by atoms with van der Waals surface area (Å²) in [4.78, 5) is 18.8. The molecule has 1 spiro atoms. The van der Waals surface area contributed by atoms with E-state index >= 15 is 0 Å². The number of rotatable bonds is 3. The van der Waals surface area contributed by atoms with Gasteiger partial charge in [0.25, 0.3) is 0 Å². The highest BCUT2D eigenvalue weighted by molar-refractivity contribution is 5.90. The highest BCUT2D eigenvalue weighted by Gasteiger charge is 2.65. The Bertz CT molecular complexity index is 1070. The molecule has 4 aliphatic rings. The van der Waals surface area contributed by atoms with Crippen LogP contribution in [0.2, 0.25) is 0 Å². The third-order valence-corrected chi connectivity index (χ3v) is 8.31. The third kappa shape index (κ3) is 2.95. The first-order valence-corrected chi connectivity index (χ1v) is 12.0. The minimum atomic E-state index is -0.279. The van der Waals surface area contributed by atoms with E-state index in [1.165, 1.54) is 16.7 Å². The topological polar surface area (TPSA) is 43.8 Å². The molecule has 4 heteroatoms. The van der Waals surface area contributed by atoms with Crippen LogP contribution >= 0.6 is 0 Å². The number of carbonyl (C=O) groups excluding carboxylic acids is 1. The van der Waals surface area contributed by atoms with Crippen molar-refractivity contribution in [1.29, 1.82) is 0 Å². The van der Waals surface area contributed by atoms with Crippen LogP contribution in [0.15, 0.2) is 48.5 Å². The molecule has 1 aliphatic carbocycles. The number of hydrogen-bond acceptors (Lipinski definition) is 3. The van der Waals surface area contributed by atoms with Crippen molar-refractivity contribution in [2.75, 3.05) is 19.7 Å². The molecular weight excluding hydrogens is 396 g/mol. The quantitative estimate of drug-likeness (QED) is 0.766. The van der Waals surface area contributed by atoms with Crippen LogP contribution in [0.5, 0.6) is 0 Å². The van der Waals surface area contributed by atoms with Gasteiger partial charge in [0.1, 0.15) is 5.54 Å². The van der Waals surface area contributed by atoms with Crippen LogP contribution in [0.25, 0.3) is 0 Å². The van der Waals surface area contributed by atoms with Crippen LogP contribution < -0.4 is 0 Å². The molecule has 0 unspecified atom stereocenters. The highest BCUT2D eigenvalue weighted by atomic mass is 16.2. The molecule has 6 rings (SSSR count). The molecule has 3 heterocycles. The average molecular weight is 427 g/mol. The van der Waals surface area contributed by atoms with Crippen molar-refractivity contribution < 1.29 is 9.90 Å². The maximum atomic E-state index is 14.0. The number of benzene rings is 2. The number of amides is 1. The second-order valence-corrected chi connectivity index (χ2v) is 9.86. The first kappa shape index (κ1) is 20.0. The molecule has 0 bridgehead atoms. The molecule has 3 aliphatic heterocycles. The minimum Gasteiger partial charge on any atom is -0.395 e. The lowest BCUT2D eigenvalue weighted by atomic mass is 9.85. The Balaban J connectivity index is 1.23. The van der Waals surface area contributed by atoms with E-state index in [4.69, 9.17) is 5.11 Å². The van der Waals surface area contributed by atoms with E-state index in [-0.39, 0.29) is 12.1 Å². The number of fused-ring (bicyclic) bond motifs is 1. The van der Waals surface area contributed by atoms with Crippen molar-refractivity contribution in [2.45, 2.75) is 56.1 Å². The van der Waals surface area contributed by atoms with E-state index in [9.17, 15) is 4.79 Å². The Morgan fingerprint density at radius 2 is 1.81 bits per heavy atom. The summed E-state index contributed by atoms with van der Waals surface area (Å²) in [6.07, 6.45) is 5.71. The molecule has 0 saturated carbocycles. The summed E-state index contributed by atoms with van der Waals surface area (Å²) in [5.41, 5.74) is 4.85. The monoisotopic (exact) mass is 426 g/mol. The predicted molar refractivity (Wildman–Crippen MR) is 124 cm³/mol. The zero-order chi connectivity index (χ0) is 21.7. The third-order valence-electron chi connectivity index (χ3n) is 8.31. The van der Waals surface area contributed by atoms with Gasteiger partial charge in [0, 0.05) is 36.5 Å². The largest absolute Gasteiger partial charge is 0.395 e. The summed E-state index contributed by atoms with van der Waals surface area (Å²) >= 11 is 0. The Morgan fingerprint density at radius 3 is 2.53 bits per heavy atom. The molecule has 0 aromatic heterocycles. The number of hydrogen-bond donors (Lipinski definition) is 1. The fourth-order valence-electron chi connectivity index (χ4n) is 6.92. The van der Waals surface area contributed by atoms with Crippen LogP contribution in [0.4, 0.5) is 0 Å². The molecule has 4 nitrogen and oxygen atoms in total. The summed E-state index contributed by atoms with van der Waals surface area (Å²) in [7, 11) is 0. The number of nitrogens with zero attached hydrogens (tertiary/aromatic N) is 2. The maximum Gasteiger partial charge on any atom is 0.243 e. The van der Waals surface area contributed by atoms with Gasteiger partial charge in [-0.25, -0.2) is 0 Å². The molecule has 1 N–H and O–H groups in total. The van der Waals surface area contributed by atoms with Crippen LogP contribution in [0.1, 0.15) is 54.0 Å². The minimum absolute atomic E-state index is 0.101. The first-order valence-electron chi connectivity index (χ1n) is 12.0. The van der Waals surface area contributed by atoms with Crippen LogP contribution in [-0.4, -0.2) is 52.1 Å². The highest BCUT2D eigenvalue weighted by Crippen LogP contribution is 2.56. The Kier molecular flexibility index (Phi) is 4.86. The molecular formula is C28H30N2O2. The lowest BCUT2D eigenvalue weighted by molar-refractivity contribution is -0.138. The fraction of sp³-hybridized carbons (Fsp3) is 0.464. The zero-order valence-electron chi connectivity index (χ0n) is 18.5. The molecule has 0 radical (unpaired) electrons. The SMILES string of the molecule is O=C1N(C2Cc3ccccc3C2)C[C@@H]2C[C@@H](c3ccc(C#CCCO)cc3)N3CCC[C@@]123. The van der Waals surface area contributed by atoms with Crippen molar-refractivity contribution in [3.05, 3.63) is 70.8 Å². The van der Waals surface area contributed by atoms with Gasteiger partial charge in [-0.3, -0.25) is 9.69 Å². The molecule has 32 heavy (non-hydrogen) atoms. The normalized spacial score (nSPS) is 29.0. The Hall–Kier alpha value is -2.61. The zero-order valence-corrected chi connectivity index (χ0v) is 18.5. The molecule has 3 atom stereocenters. The summed E-state index contributed by atoms with van der Waals surface area (Å²) in [6.45, 7) is 2.03. The predicted octanol–water partition coefficient (Wildman–Crippen LogP) is 3.33. The second kappa shape index (κ2) is 7.76. The van der Waals surface area contributed by atoms with Crippen LogP contribution in [0.3, 0.4) is 0 Å². The molecule has 2 aromatic carbocycles. The molecule has 3 fully saturated rings. The van der Waals surface area contributed by atoms with E-state index in [2.05, 4.69) is 70.2 Å². The average Bonchev–Trinajstić information content (AvgIpc) is 3.55. The number of aliphatic hydroxyl groups excluding tert-OH is 1. The second-order valence-electron chi connectivity index (χ2n) is 9.86. The molecule has 3 saturated heterocycles. The standard InChI is InChI=1S/C28H30N2O2/c31-15-4-3-6-20-9-11-21(12-10-20)26-18-24-19-29(27(32)28(24)13-5-14-30(26)28)25-16-22-7-1-2-8-23(22)17-25/h1-2,7-12,24-26,31H,4-5,13-19H2/t24-,26-,28-/m0/s1. The van der Waals surface area contributed by atoms with Gasteiger partial charge in [-0.05, 0) is 67.5 Å². The summed E-state index contributed by atoms with van der Waals surface area (Å²) in [5, 5.41) is 8.91. The summed E-state index contributed by atoms with van der Waals surface area (Å²) in [5.74, 6) is 6.93. The Labute approximate surface area is 190 Å². The van der Waals surface area contributed by atoms with E-state index in [0.29, 0.717) is 30.3 Å². The van der Waals surface area contributed by atoms with Gasteiger partial charge < -0.3 is 10.0 Å². The fourth-order valence-corrected chi connectivity index (χ4v) is 6.92. The van der Waals surface area contributed by atoms with Crippen molar-refractivity contribution in [2.24, 2.45) is 5.92 Å². The van der Waals surface area contributed by atoms with Crippen LogP contribution in [-0.2, 0) is 17.6 Å². The van der Waals surface area contributed by atoms with E-state index < -0.39 is 0 Å². The summed E-state index contributed by atoms with van der Waals surface area (Å²) < 4.78 is 0. The lowest BCUT2D eigenvalue weighted by Gasteiger charge is -2.35. The van der Waals surface area contributed by atoms with Gasteiger partial charge in [-0.15, -0.1) is 0 Å². The van der Waals surface area contributed by atoms with Gasteiger partial charge in [-0.1, -0.05) is 48.2 Å². The number of likely N-dealkylation sites (tertiary alicyclic amines) is 1. The smallest absolute Gasteiger partial charge is 0.243 e. The van der Waals surface area contributed by atoms with E-state index in [0.717, 1.165) is 50.8 Å². The molecule has 2 aromatic rings. The first-order chi connectivity index (χ1) is 15.7. The van der Waals surface area contributed by atoms with Crippen molar-refractivity contribution in [3.63, 3.8) is 0 Å². The molecule has 164 valence electrons. The van der Waals surface area contributed by atoms with Gasteiger partial charge >= 0.3 is 0 Å². The van der Waals surface area contributed by atoms with Gasteiger partial charge in [0.15, 0.2) is 0 Å². The number of aliphatic hydroxyl groups is 1.